The number of nitrogens with zero attached hydrogens (tertiary/aromatic N) is 3. The Bertz CT molecular complexity index is 432. The number of ether oxygens (including phenoxy) is 1. The number of guanidine groups is 1. The van der Waals surface area contributed by atoms with Crippen molar-refractivity contribution in [1.82, 2.24) is 15.1 Å². The summed E-state index contributed by atoms with van der Waals surface area (Å²) in [4.78, 5) is 20.6. The molecule has 0 bridgehead atoms. The maximum Gasteiger partial charge on any atom is 0.410 e. The zero-order valence-corrected chi connectivity index (χ0v) is 17.1. The second kappa shape index (κ2) is 10.5. The van der Waals surface area contributed by atoms with Crippen LogP contribution < -0.4 is 5.32 Å². The van der Waals surface area contributed by atoms with Gasteiger partial charge < -0.3 is 19.9 Å². The molecule has 1 N–H and O–H groups in total. The maximum atomic E-state index is 12.2. The summed E-state index contributed by atoms with van der Waals surface area (Å²) in [6.45, 7) is 11.4. The first kappa shape index (κ1) is 21.6. The lowest BCUT2D eigenvalue weighted by atomic mass is 9.95. The van der Waals surface area contributed by atoms with E-state index in [2.05, 4.69) is 29.2 Å². The van der Waals surface area contributed by atoms with E-state index < -0.39 is 5.60 Å². The van der Waals surface area contributed by atoms with Crippen LogP contribution in [0.4, 0.5) is 4.79 Å². The Hall–Kier alpha value is -1.46. The van der Waals surface area contributed by atoms with Crippen molar-refractivity contribution in [2.75, 3.05) is 40.3 Å². The number of carbonyl (C=O) groups is 1. The minimum absolute atomic E-state index is 0.180. The highest BCUT2D eigenvalue weighted by atomic mass is 16.6. The summed E-state index contributed by atoms with van der Waals surface area (Å²) in [5, 5.41) is 3.45. The van der Waals surface area contributed by atoms with E-state index in [0.29, 0.717) is 5.92 Å². The third-order valence-electron chi connectivity index (χ3n) is 4.43. The number of hydrogen-bond donors (Lipinski definition) is 1. The highest BCUT2D eigenvalue weighted by molar-refractivity contribution is 5.79. The van der Waals surface area contributed by atoms with Crippen molar-refractivity contribution < 1.29 is 9.53 Å². The van der Waals surface area contributed by atoms with Crippen LogP contribution in [0.3, 0.4) is 0 Å². The van der Waals surface area contributed by atoms with Gasteiger partial charge in [0.25, 0.3) is 0 Å². The number of aliphatic imine (C=N–C) groups is 1. The first-order valence-corrected chi connectivity index (χ1v) is 9.66. The van der Waals surface area contributed by atoms with Crippen molar-refractivity contribution in [3.63, 3.8) is 0 Å². The zero-order chi connectivity index (χ0) is 18.9. The van der Waals surface area contributed by atoms with Crippen molar-refractivity contribution in [1.29, 1.82) is 0 Å². The molecular formula is C19H38N4O2. The lowest BCUT2D eigenvalue weighted by Crippen LogP contribution is -2.44. The summed E-state index contributed by atoms with van der Waals surface area (Å²) in [6.07, 6.45) is 5.44. The molecule has 146 valence electrons. The Kier molecular flexibility index (Phi) is 9.08. The lowest BCUT2D eigenvalue weighted by molar-refractivity contribution is 0.0162. The Morgan fingerprint density at radius 3 is 2.72 bits per heavy atom. The molecule has 1 aliphatic heterocycles. The molecule has 1 amide bonds. The maximum absolute atomic E-state index is 12.2. The van der Waals surface area contributed by atoms with E-state index in [-0.39, 0.29) is 6.09 Å². The Balaban J connectivity index is 2.38. The summed E-state index contributed by atoms with van der Waals surface area (Å²) < 4.78 is 5.50. The van der Waals surface area contributed by atoms with Gasteiger partial charge in [0.15, 0.2) is 5.96 Å². The van der Waals surface area contributed by atoms with Gasteiger partial charge in [-0.2, -0.15) is 0 Å². The number of piperidine rings is 1. The predicted octanol–water partition coefficient (Wildman–Crippen LogP) is 3.33. The second-order valence-electron chi connectivity index (χ2n) is 7.97. The number of rotatable bonds is 6. The first-order chi connectivity index (χ1) is 11.8. The normalized spacial score (nSPS) is 18.9. The van der Waals surface area contributed by atoms with E-state index in [1.54, 1.807) is 0 Å². The van der Waals surface area contributed by atoms with Crippen LogP contribution in [-0.2, 0) is 4.74 Å². The number of likely N-dealkylation sites (tertiary alicyclic amines) is 1. The van der Waals surface area contributed by atoms with Crippen LogP contribution in [-0.4, -0.2) is 67.7 Å². The van der Waals surface area contributed by atoms with Gasteiger partial charge in [0.05, 0.1) is 0 Å². The van der Waals surface area contributed by atoms with Gasteiger partial charge in [-0.25, -0.2) is 4.79 Å². The number of hydrogen-bond acceptors (Lipinski definition) is 3. The predicted molar refractivity (Wildman–Crippen MR) is 104 cm³/mol. The third-order valence-corrected chi connectivity index (χ3v) is 4.43. The van der Waals surface area contributed by atoms with Crippen LogP contribution >= 0.6 is 0 Å². The summed E-state index contributed by atoms with van der Waals surface area (Å²) in [5.41, 5.74) is -0.429. The monoisotopic (exact) mass is 354 g/mol. The van der Waals surface area contributed by atoms with Crippen LogP contribution in [0.15, 0.2) is 4.99 Å². The van der Waals surface area contributed by atoms with Gasteiger partial charge in [0.1, 0.15) is 5.60 Å². The van der Waals surface area contributed by atoms with Crippen LogP contribution in [0.2, 0.25) is 0 Å². The SMILES string of the molecule is CCCCN(C)C(=NC)NCCC1CCCN(C(=O)OC(C)(C)C)C1. The molecule has 0 aromatic heterocycles. The number of carbonyl (C=O) groups excluding carboxylic acids is 1. The standard InChI is InChI=1S/C19H38N4O2/c1-7-8-13-22(6)17(20-5)21-12-11-16-10-9-14-23(15-16)18(24)25-19(2,3)4/h16H,7-15H2,1-6H3,(H,20,21). The zero-order valence-electron chi connectivity index (χ0n) is 17.1. The summed E-state index contributed by atoms with van der Waals surface area (Å²) in [6, 6.07) is 0. The van der Waals surface area contributed by atoms with E-state index in [9.17, 15) is 4.79 Å². The first-order valence-electron chi connectivity index (χ1n) is 9.66. The fourth-order valence-electron chi connectivity index (χ4n) is 3.07. The van der Waals surface area contributed by atoms with E-state index in [0.717, 1.165) is 45.0 Å². The minimum Gasteiger partial charge on any atom is -0.444 e. The molecule has 1 rings (SSSR count). The second-order valence-corrected chi connectivity index (χ2v) is 7.97. The molecule has 1 saturated heterocycles. The van der Waals surface area contributed by atoms with E-state index in [4.69, 9.17) is 4.74 Å². The molecule has 1 heterocycles. The van der Waals surface area contributed by atoms with E-state index in [1.807, 2.05) is 32.7 Å². The highest BCUT2D eigenvalue weighted by Crippen LogP contribution is 2.21. The Morgan fingerprint density at radius 1 is 1.40 bits per heavy atom. The highest BCUT2D eigenvalue weighted by Gasteiger charge is 2.27. The van der Waals surface area contributed by atoms with Gasteiger partial charge in [-0.15, -0.1) is 0 Å². The van der Waals surface area contributed by atoms with Gasteiger partial charge in [0.2, 0.25) is 0 Å². The van der Waals surface area contributed by atoms with Crippen LogP contribution in [0.1, 0.15) is 59.8 Å². The van der Waals surface area contributed by atoms with Crippen LogP contribution in [0, 0.1) is 5.92 Å². The summed E-state index contributed by atoms with van der Waals surface area (Å²) >= 11 is 0. The van der Waals surface area contributed by atoms with Crippen molar-refractivity contribution in [3.05, 3.63) is 0 Å². The molecule has 1 aliphatic rings. The average molecular weight is 355 g/mol. The molecule has 0 spiro atoms. The van der Waals surface area contributed by atoms with Crippen molar-refractivity contribution in [2.45, 2.75) is 65.4 Å². The Morgan fingerprint density at radius 2 is 2.12 bits per heavy atom. The number of amides is 1. The largest absolute Gasteiger partial charge is 0.444 e. The molecule has 0 saturated carbocycles. The Labute approximate surface area is 154 Å². The van der Waals surface area contributed by atoms with Gasteiger partial charge >= 0.3 is 6.09 Å². The van der Waals surface area contributed by atoms with Gasteiger partial charge in [-0.3, -0.25) is 4.99 Å². The molecular weight excluding hydrogens is 316 g/mol. The quantitative estimate of drug-likeness (QED) is 0.587. The van der Waals surface area contributed by atoms with Gasteiger partial charge in [0, 0.05) is 40.3 Å². The van der Waals surface area contributed by atoms with Gasteiger partial charge in [-0.1, -0.05) is 13.3 Å². The van der Waals surface area contributed by atoms with E-state index in [1.165, 1.54) is 19.3 Å². The van der Waals surface area contributed by atoms with Crippen molar-refractivity contribution >= 4 is 12.1 Å². The smallest absolute Gasteiger partial charge is 0.410 e. The molecule has 25 heavy (non-hydrogen) atoms. The van der Waals surface area contributed by atoms with Gasteiger partial charge in [-0.05, 0) is 52.4 Å². The molecule has 6 nitrogen and oxygen atoms in total. The molecule has 1 fully saturated rings. The minimum atomic E-state index is -0.429. The number of nitrogens with one attached hydrogen (secondary N) is 1. The van der Waals surface area contributed by atoms with Crippen molar-refractivity contribution in [3.8, 4) is 0 Å². The average Bonchev–Trinajstić information content (AvgIpc) is 2.55. The topological polar surface area (TPSA) is 57.2 Å². The molecule has 1 atom stereocenters. The molecule has 0 aromatic rings. The fourth-order valence-corrected chi connectivity index (χ4v) is 3.07. The molecule has 0 radical (unpaired) electrons. The molecule has 0 aromatic carbocycles. The molecule has 1 unspecified atom stereocenters. The molecule has 6 heteroatoms. The van der Waals surface area contributed by atoms with E-state index >= 15 is 0 Å². The summed E-state index contributed by atoms with van der Waals surface area (Å²) in [5.74, 6) is 1.47. The van der Waals surface area contributed by atoms with Crippen LogP contribution in [0.25, 0.3) is 0 Å². The summed E-state index contributed by atoms with van der Waals surface area (Å²) in [7, 11) is 3.91. The van der Waals surface area contributed by atoms with Crippen molar-refractivity contribution in [2.24, 2.45) is 10.9 Å². The molecule has 0 aliphatic carbocycles. The fraction of sp³-hybridized carbons (Fsp3) is 0.895. The van der Waals surface area contributed by atoms with Crippen LogP contribution in [0.5, 0.6) is 0 Å². The third kappa shape index (κ3) is 8.45. The lowest BCUT2D eigenvalue weighted by Gasteiger charge is -2.34. The number of unbranched alkanes of at least 4 members (excludes halogenated alkanes) is 1.